The van der Waals surface area contributed by atoms with E-state index in [9.17, 15) is 9.59 Å². The molecule has 1 aliphatic heterocycles. The molecule has 0 radical (unpaired) electrons. The Balaban J connectivity index is 1.63. The molecule has 2 amide bonds. The van der Waals surface area contributed by atoms with E-state index in [1.54, 1.807) is 12.1 Å². The molecule has 2 aromatic heterocycles. The Labute approximate surface area is 132 Å². The molecule has 0 spiro atoms. The number of carbonyl (C=O) groups is 2. The second kappa shape index (κ2) is 6.27. The number of fused-ring (bicyclic) bond motifs is 1. The van der Waals surface area contributed by atoms with E-state index in [4.69, 9.17) is 11.6 Å². The number of amides is 2. The first-order valence-corrected chi connectivity index (χ1v) is 7.47. The number of halogens is 1. The quantitative estimate of drug-likeness (QED) is 0.908. The Morgan fingerprint density at radius 2 is 2.32 bits per heavy atom. The van der Waals surface area contributed by atoms with Gasteiger partial charge in [-0.3, -0.25) is 9.59 Å². The summed E-state index contributed by atoms with van der Waals surface area (Å²) >= 11 is 5.87. The fourth-order valence-corrected chi connectivity index (χ4v) is 2.63. The summed E-state index contributed by atoms with van der Waals surface area (Å²) in [6, 6.07) is 5.31. The Morgan fingerprint density at radius 1 is 1.45 bits per heavy atom. The van der Waals surface area contributed by atoms with Crippen LogP contribution < -0.4 is 10.6 Å². The monoisotopic (exact) mass is 318 g/mol. The van der Waals surface area contributed by atoms with Crippen molar-refractivity contribution in [1.29, 1.82) is 0 Å². The van der Waals surface area contributed by atoms with Gasteiger partial charge in [-0.25, -0.2) is 9.97 Å². The summed E-state index contributed by atoms with van der Waals surface area (Å²) in [5, 5.41) is 6.91. The molecule has 0 saturated carbocycles. The topological polar surface area (TPSA) is 84.0 Å². The van der Waals surface area contributed by atoms with Crippen molar-refractivity contribution in [3.63, 3.8) is 0 Å². The Bertz CT molecular complexity index is 725. The summed E-state index contributed by atoms with van der Waals surface area (Å²) in [5.41, 5.74) is 0.534. The van der Waals surface area contributed by atoms with Gasteiger partial charge in [-0.2, -0.15) is 0 Å². The van der Waals surface area contributed by atoms with Crippen LogP contribution in [0.3, 0.4) is 0 Å². The highest BCUT2D eigenvalue weighted by atomic mass is 35.5. The maximum atomic E-state index is 12.0. The molecule has 1 fully saturated rings. The van der Waals surface area contributed by atoms with Crippen LogP contribution in [0.5, 0.6) is 0 Å². The van der Waals surface area contributed by atoms with Crippen molar-refractivity contribution in [1.82, 2.24) is 15.3 Å². The van der Waals surface area contributed by atoms with E-state index in [2.05, 4.69) is 20.6 Å². The third-order valence-electron chi connectivity index (χ3n) is 3.62. The number of piperidine rings is 1. The highest BCUT2D eigenvalue weighted by Crippen LogP contribution is 2.19. The SMILES string of the molecule is O=C1CCC(CC(=O)Nc2ccc3cc(Cl)cnc3n2)CN1. The summed E-state index contributed by atoms with van der Waals surface area (Å²) in [5.74, 6) is 0.585. The average molecular weight is 319 g/mol. The number of anilines is 1. The Morgan fingerprint density at radius 3 is 3.09 bits per heavy atom. The maximum Gasteiger partial charge on any atom is 0.225 e. The summed E-state index contributed by atoms with van der Waals surface area (Å²) in [6.07, 6.45) is 3.11. The van der Waals surface area contributed by atoms with Crippen LogP contribution in [0.1, 0.15) is 19.3 Å². The minimum atomic E-state index is -0.109. The van der Waals surface area contributed by atoms with Crippen LogP contribution in [-0.2, 0) is 9.59 Å². The number of hydrogen-bond acceptors (Lipinski definition) is 4. The molecular weight excluding hydrogens is 304 g/mol. The molecule has 6 nitrogen and oxygen atoms in total. The summed E-state index contributed by atoms with van der Waals surface area (Å²) < 4.78 is 0. The lowest BCUT2D eigenvalue weighted by molar-refractivity contribution is -0.124. The minimum Gasteiger partial charge on any atom is -0.356 e. The Hall–Kier alpha value is -2.21. The Kier molecular flexibility index (Phi) is 4.20. The van der Waals surface area contributed by atoms with Crippen LogP contribution in [0.4, 0.5) is 5.82 Å². The second-order valence-corrected chi connectivity index (χ2v) is 5.79. The van der Waals surface area contributed by atoms with Crippen molar-refractivity contribution in [3.05, 3.63) is 29.4 Å². The molecule has 114 valence electrons. The summed E-state index contributed by atoms with van der Waals surface area (Å²) in [6.45, 7) is 0.553. The smallest absolute Gasteiger partial charge is 0.225 e. The van der Waals surface area contributed by atoms with Gasteiger partial charge in [0.15, 0.2) is 5.65 Å². The molecule has 7 heteroatoms. The van der Waals surface area contributed by atoms with Gasteiger partial charge in [-0.1, -0.05) is 11.6 Å². The first-order valence-electron chi connectivity index (χ1n) is 7.09. The third kappa shape index (κ3) is 3.51. The minimum absolute atomic E-state index is 0.0533. The van der Waals surface area contributed by atoms with Gasteiger partial charge in [0.1, 0.15) is 5.82 Å². The fourth-order valence-electron chi connectivity index (χ4n) is 2.47. The van der Waals surface area contributed by atoms with Crippen LogP contribution in [0.25, 0.3) is 11.0 Å². The average Bonchev–Trinajstić information content (AvgIpc) is 2.50. The van der Waals surface area contributed by atoms with E-state index in [1.165, 1.54) is 6.20 Å². The van der Waals surface area contributed by atoms with Crippen LogP contribution in [0, 0.1) is 5.92 Å². The highest BCUT2D eigenvalue weighted by Gasteiger charge is 2.20. The van der Waals surface area contributed by atoms with Gasteiger partial charge < -0.3 is 10.6 Å². The number of hydrogen-bond donors (Lipinski definition) is 2. The number of pyridine rings is 2. The number of carbonyl (C=O) groups excluding carboxylic acids is 2. The predicted octanol–water partition coefficient (Wildman–Crippen LogP) is 2.14. The second-order valence-electron chi connectivity index (χ2n) is 5.36. The van der Waals surface area contributed by atoms with Gasteiger partial charge >= 0.3 is 0 Å². The van der Waals surface area contributed by atoms with Gasteiger partial charge in [-0.05, 0) is 30.5 Å². The van der Waals surface area contributed by atoms with E-state index < -0.39 is 0 Å². The van der Waals surface area contributed by atoms with Crippen molar-refractivity contribution in [3.8, 4) is 0 Å². The zero-order valence-electron chi connectivity index (χ0n) is 11.8. The van der Waals surface area contributed by atoms with Crippen LogP contribution in [0.2, 0.25) is 5.02 Å². The number of rotatable bonds is 3. The number of nitrogens with one attached hydrogen (secondary N) is 2. The summed E-state index contributed by atoms with van der Waals surface area (Å²) in [4.78, 5) is 31.6. The fraction of sp³-hybridized carbons (Fsp3) is 0.333. The molecule has 1 aliphatic rings. The maximum absolute atomic E-state index is 12.0. The highest BCUT2D eigenvalue weighted by molar-refractivity contribution is 6.31. The summed E-state index contributed by atoms with van der Waals surface area (Å²) in [7, 11) is 0. The zero-order chi connectivity index (χ0) is 15.5. The lowest BCUT2D eigenvalue weighted by Gasteiger charge is -2.21. The van der Waals surface area contributed by atoms with Gasteiger partial charge in [0.25, 0.3) is 0 Å². The van der Waals surface area contributed by atoms with Crippen molar-refractivity contribution in [2.75, 3.05) is 11.9 Å². The molecule has 22 heavy (non-hydrogen) atoms. The molecular formula is C15H15ClN4O2. The van der Waals surface area contributed by atoms with Gasteiger partial charge in [-0.15, -0.1) is 0 Å². The van der Waals surface area contributed by atoms with Crippen LogP contribution >= 0.6 is 11.6 Å². The number of aromatic nitrogens is 2. The lowest BCUT2D eigenvalue weighted by atomic mass is 9.95. The lowest BCUT2D eigenvalue weighted by Crippen LogP contribution is -2.36. The molecule has 1 atom stereocenters. The normalized spacial score (nSPS) is 18.0. The molecule has 0 aliphatic carbocycles. The van der Waals surface area contributed by atoms with Gasteiger partial charge in [0.2, 0.25) is 11.8 Å². The van der Waals surface area contributed by atoms with Crippen molar-refractivity contribution < 1.29 is 9.59 Å². The van der Waals surface area contributed by atoms with Crippen LogP contribution in [-0.4, -0.2) is 28.3 Å². The van der Waals surface area contributed by atoms with Gasteiger partial charge in [0.05, 0.1) is 5.02 Å². The molecule has 0 aromatic carbocycles. The van der Waals surface area contributed by atoms with Crippen molar-refractivity contribution >= 4 is 40.3 Å². The first-order chi connectivity index (χ1) is 10.6. The zero-order valence-corrected chi connectivity index (χ0v) is 12.6. The molecule has 3 heterocycles. The van der Waals surface area contributed by atoms with E-state index in [0.717, 1.165) is 11.8 Å². The van der Waals surface area contributed by atoms with Crippen molar-refractivity contribution in [2.45, 2.75) is 19.3 Å². The predicted molar refractivity (Wildman–Crippen MR) is 83.5 cm³/mol. The van der Waals surface area contributed by atoms with Crippen LogP contribution in [0.15, 0.2) is 24.4 Å². The van der Waals surface area contributed by atoms with E-state index >= 15 is 0 Å². The van der Waals surface area contributed by atoms with Crippen molar-refractivity contribution in [2.24, 2.45) is 5.92 Å². The largest absolute Gasteiger partial charge is 0.356 e. The molecule has 0 bridgehead atoms. The van der Waals surface area contributed by atoms with Gasteiger partial charge in [0, 0.05) is 31.0 Å². The van der Waals surface area contributed by atoms with E-state index in [-0.39, 0.29) is 17.7 Å². The molecule has 3 rings (SSSR count). The van der Waals surface area contributed by atoms with E-state index in [0.29, 0.717) is 35.9 Å². The molecule has 1 saturated heterocycles. The molecule has 2 N–H and O–H groups in total. The number of nitrogens with zero attached hydrogens (tertiary/aromatic N) is 2. The standard InChI is InChI=1S/C15H15ClN4O2/c16-11-6-10-2-3-12(20-15(10)18-8-11)19-14(22)5-9-1-4-13(21)17-7-9/h2-3,6,8-9H,1,4-5,7H2,(H,17,21)(H,18,19,20,22). The van der Waals surface area contributed by atoms with E-state index in [1.807, 2.05) is 6.07 Å². The molecule has 1 unspecified atom stereocenters. The third-order valence-corrected chi connectivity index (χ3v) is 3.82. The molecule has 2 aromatic rings. The first kappa shape index (κ1) is 14.7.